The van der Waals surface area contributed by atoms with E-state index in [4.69, 9.17) is 0 Å². The summed E-state index contributed by atoms with van der Waals surface area (Å²) in [5, 5.41) is 0. The predicted molar refractivity (Wildman–Crippen MR) is 126 cm³/mol. The van der Waals surface area contributed by atoms with Crippen LogP contribution < -0.4 is 0 Å². The van der Waals surface area contributed by atoms with Crippen LogP contribution in [0.1, 0.15) is 61.3 Å². The van der Waals surface area contributed by atoms with Crippen molar-refractivity contribution in [2.45, 2.75) is 44.6 Å². The Balaban J connectivity index is 1.35. The van der Waals surface area contributed by atoms with E-state index >= 15 is 0 Å². The predicted octanol–water partition coefficient (Wildman–Crippen LogP) is 6.00. The number of nitrogens with zero attached hydrogens (tertiary/aromatic N) is 3. The van der Waals surface area contributed by atoms with Crippen molar-refractivity contribution >= 4 is 23.4 Å². The fourth-order valence-electron chi connectivity index (χ4n) is 4.68. The quantitative estimate of drug-likeness (QED) is 0.569. The van der Waals surface area contributed by atoms with Crippen LogP contribution in [-0.4, -0.2) is 29.3 Å². The van der Waals surface area contributed by atoms with Crippen LogP contribution in [0.2, 0.25) is 0 Å². The summed E-state index contributed by atoms with van der Waals surface area (Å²) in [6.45, 7) is 0.723. The third-order valence-electron chi connectivity index (χ3n) is 6.43. The molecule has 3 heterocycles. The van der Waals surface area contributed by atoms with Gasteiger partial charge in [-0.2, -0.15) is 0 Å². The van der Waals surface area contributed by atoms with Crippen molar-refractivity contribution in [3.8, 4) is 0 Å². The summed E-state index contributed by atoms with van der Waals surface area (Å²) < 4.78 is 28.3. The maximum absolute atomic E-state index is 14.1. The molecule has 5 rings (SSSR count). The van der Waals surface area contributed by atoms with E-state index in [2.05, 4.69) is 28.2 Å². The second-order valence-electron chi connectivity index (χ2n) is 8.56. The number of hydrogen-bond donors (Lipinski definition) is 0. The van der Waals surface area contributed by atoms with Gasteiger partial charge in [-0.1, -0.05) is 36.4 Å². The molecule has 0 saturated carbocycles. The Labute approximate surface area is 192 Å². The van der Waals surface area contributed by atoms with Crippen molar-refractivity contribution in [1.29, 1.82) is 0 Å². The minimum atomic E-state index is -0.562. The fourth-order valence-corrected chi connectivity index (χ4v) is 4.68. The molecule has 2 aromatic carbocycles. The minimum absolute atomic E-state index is 0.00274. The maximum atomic E-state index is 14.1. The molecule has 1 unspecified atom stereocenters. The van der Waals surface area contributed by atoms with E-state index < -0.39 is 11.6 Å². The summed E-state index contributed by atoms with van der Waals surface area (Å²) in [6, 6.07) is 12.1. The van der Waals surface area contributed by atoms with Gasteiger partial charge in [-0.05, 0) is 67.0 Å². The molecule has 3 aliphatic heterocycles. The standard InChI is InChI=1S/C27H25F2N3O/c28-21-5-1-6-22(29)27(21)24-14-13-23(31-24)20-10-8-19(9-11-20)18-4-2-16-30-25(15-12-18)32-17-3-7-26(32)33/h1,5-6,8-12,15-16,23H,2-4,7,13-14,17H2/b18-12+,25-15+,30-16-. The zero-order valence-corrected chi connectivity index (χ0v) is 18.3. The van der Waals surface area contributed by atoms with E-state index in [9.17, 15) is 13.6 Å². The van der Waals surface area contributed by atoms with Crippen molar-refractivity contribution in [2.24, 2.45) is 9.98 Å². The molecule has 2 aromatic rings. The first-order valence-electron chi connectivity index (χ1n) is 11.5. The SMILES string of the molecule is O=C1CCCN1C1=C/C=C(/c2ccc(C3CCC(c4c(F)cccc4F)=N3)cc2)CC/C=N\1. The van der Waals surface area contributed by atoms with Gasteiger partial charge in [0.1, 0.15) is 17.5 Å². The van der Waals surface area contributed by atoms with Gasteiger partial charge in [0, 0.05) is 24.9 Å². The van der Waals surface area contributed by atoms with E-state index in [1.54, 1.807) is 4.90 Å². The molecule has 1 fully saturated rings. The topological polar surface area (TPSA) is 45.0 Å². The molecule has 33 heavy (non-hydrogen) atoms. The molecule has 0 bridgehead atoms. The highest BCUT2D eigenvalue weighted by Crippen LogP contribution is 2.33. The van der Waals surface area contributed by atoms with Gasteiger partial charge in [0.05, 0.1) is 11.6 Å². The highest BCUT2D eigenvalue weighted by Gasteiger charge is 2.25. The number of carbonyl (C=O) groups excluding carboxylic acids is 1. The molecule has 1 saturated heterocycles. The van der Waals surface area contributed by atoms with E-state index in [1.807, 2.05) is 24.4 Å². The third kappa shape index (κ3) is 4.42. The zero-order valence-electron chi connectivity index (χ0n) is 18.3. The normalized spacial score (nSPS) is 25.0. The number of carbonyl (C=O) groups is 1. The van der Waals surface area contributed by atoms with Crippen LogP contribution in [0.3, 0.4) is 0 Å². The summed E-state index contributed by atoms with van der Waals surface area (Å²) in [5.41, 5.74) is 3.82. The lowest BCUT2D eigenvalue weighted by atomic mass is 9.96. The summed E-state index contributed by atoms with van der Waals surface area (Å²) >= 11 is 0. The number of amides is 1. The average molecular weight is 446 g/mol. The van der Waals surface area contributed by atoms with Crippen LogP contribution in [0.25, 0.3) is 5.57 Å². The lowest BCUT2D eigenvalue weighted by Crippen LogP contribution is -2.23. The lowest BCUT2D eigenvalue weighted by Gasteiger charge is -2.17. The van der Waals surface area contributed by atoms with Gasteiger partial charge in [-0.15, -0.1) is 0 Å². The second kappa shape index (κ2) is 9.22. The molecule has 0 aromatic heterocycles. The number of rotatable bonds is 4. The number of halogens is 2. The molecule has 168 valence electrons. The van der Waals surface area contributed by atoms with Crippen molar-refractivity contribution in [3.63, 3.8) is 0 Å². The molecule has 1 amide bonds. The molecule has 0 aliphatic carbocycles. The van der Waals surface area contributed by atoms with Crippen molar-refractivity contribution in [1.82, 2.24) is 4.90 Å². The number of aliphatic imine (C=N–C) groups is 2. The van der Waals surface area contributed by atoms with E-state index in [-0.39, 0.29) is 17.5 Å². The molecule has 4 nitrogen and oxygen atoms in total. The highest BCUT2D eigenvalue weighted by atomic mass is 19.1. The first kappa shape index (κ1) is 21.4. The molecule has 1 atom stereocenters. The number of hydrogen-bond acceptors (Lipinski definition) is 3. The molecule has 0 spiro atoms. The average Bonchev–Trinajstić information content (AvgIpc) is 3.44. The second-order valence-corrected chi connectivity index (χ2v) is 8.56. The molecule has 3 aliphatic rings. The smallest absolute Gasteiger partial charge is 0.228 e. The minimum Gasteiger partial charge on any atom is -0.297 e. The molecular formula is C27H25F2N3O. The fraction of sp³-hybridized carbons (Fsp3) is 0.296. The van der Waals surface area contributed by atoms with E-state index in [0.29, 0.717) is 24.4 Å². The molecule has 0 N–H and O–H groups in total. The maximum Gasteiger partial charge on any atom is 0.228 e. The monoisotopic (exact) mass is 445 g/mol. The van der Waals surface area contributed by atoms with Crippen molar-refractivity contribution in [3.05, 3.63) is 88.8 Å². The Morgan fingerprint density at radius 1 is 0.939 bits per heavy atom. The van der Waals surface area contributed by atoms with Gasteiger partial charge < -0.3 is 0 Å². The van der Waals surface area contributed by atoms with Crippen molar-refractivity contribution < 1.29 is 13.6 Å². The van der Waals surface area contributed by atoms with Gasteiger partial charge in [0.15, 0.2) is 0 Å². The van der Waals surface area contributed by atoms with Gasteiger partial charge in [-0.25, -0.2) is 13.8 Å². The number of allylic oxidation sites excluding steroid dienone is 3. The van der Waals surface area contributed by atoms with Gasteiger partial charge in [0.25, 0.3) is 0 Å². The Morgan fingerprint density at radius 2 is 1.73 bits per heavy atom. The van der Waals surface area contributed by atoms with Gasteiger partial charge >= 0.3 is 0 Å². The Bertz CT molecular complexity index is 1170. The summed E-state index contributed by atoms with van der Waals surface area (Å²) in [6.07, 6.45) is 10.3. The first-order chi connectivity index (χ1) is 16.1. The highest BCUT2D eigenvalue weighted by molar-refractivity contribution is 6.02. The van der Waals surface area contributed by atoms with Crippen LogP contribution in [0.4, 0.5) is 8.78 Å². The molecule has 0 radical (unpaired) electrons. The molecular weight excluding hydrogens is 420 g/mol. The number of benzene rings is 2. The van der Waals surface area contributed by atoms with E-state index in [1.165, 1.54) is 23.8 Å². The lowest BCUT2D eigenvalue weighted by molar-refractivity contribution is -0.126. The van der Waals surface area contributed by atoms with Crippen LogP contribution >= 0.6 is 0 Å². The summed E-state index contributed by atoms with van der Waals surface area (Å²) in [7, 11) is 0. The Morgan fingerprint density at radius 3 is 2.45 bits per heavy atom. The van der Waals surface area contributed by atoms with Crippen molar-refractivity contribution in [2.75, 3.05) is 6.54 Å². The van der Waals surface area contributed by atoms with Crippen LogP contribution in [0.15, 0.2) is 70.4 Å². The first-order valence-corrected chi connectivity index (χ1v) is 11.5. The summed E-state index contributed by atoms with van der Waals surface area (Å²) in [5.74, 6) is -0.287. The Hall–Kier alpha value is -3.41. The zero-order chi connectivity index (χ0) is 22.8. The van der Waals surface area contributed by atoms with Crippen LogP contribution in [0.5, 0.6) is 0 Å². The summed E-state index contributed by atoms with van der Waals surface area (Å²) in [4.78, 5) is 23.0. The third-order valence-corrected chi connectivity index (χ3v) is 6.43. The largest absolute Gasteiger partial charge is 0.297 e. The van der Waals surface area contributed by atoms with Gasteiger partial charge in [0.2, 0.25) is 5.91 Å². The van der Waals surface area contributed by atoms with E-state index in [0.717, 1.165) is 43.4 Å². The van der Waals surface area contributed by atoms with Crippen LogP contribution in [0, 0.1) is 11.6 Å². The number of likely N-dealkylation sites (tertiary alicyclic amines) is 1. The Kier molecular flexibility index (Phi) is 5.99. The van der Waals surface area contributed by atoms with Crippen LogP contribution in [-0.2, 0) is 4.79 Å². The van der Waals surface area contributed by atoms with Gasteiger partial charge in [-0.3, -0.25) is 14.7 Å². The molecule has 6 heteroatoms.